The van der Waals surface area contributed by atoms with Crippen LogP contribution in [0.25, 0.3) is 28.3 Å². The standard InChI is InChI=1S/C22H15ClN6O2/c23-17-8-6-16(7-9-17)21-22(28-12-2-1-3-20(28)24-21)19-14-27(26-25-19)13-15-4-10-18(11-5-15)29(30)31/h1-12,14H,13H2. The lowest BCUT2D eigenvalue weighted by Crippen LogP contribution is -2.00. The average Bonchev–Trinajstić information content (AvgIpc) is 3.39. The molecule has 0 radical (unpaired) electrons. The Balaban J connectivity index is 1.54. The molecule has 152 valence electrons. The Bertz CT molecular complexity index is 1390. The van der Waals surface area contributed by atoms with Gasteiger partial charge in [0.2, 0.25) is 0 Å². The van der Waals surface area contributed by atoms with Crippen molar-refractivity contribution in [3.05, 3.63) is 99.8 Å². The van der Waals surface area contributed by atoms with Gasteiger partial charge in [-0.3, -0.25) is 14.5 Å². The van der Waals surface area contributed by atoms with E-state index in [0.717, 1.165) is 28.2 Å². The minimum atomic E-state index is -0.416. The van der Waals surface area contributed by atoms with E-state index in [-0.39, 0.29) is 5.69 Å². The highest BCUT2D eigenvalue weighted by Crippen LogP contribution is 2.32. The van der Waals surface area contributed by atoms with Crippen LogP contribution in [0.15, 0.2) is 79.1 Å². The molecule has 0 bridgehead atoms. The van der Waals surface area contributed by atoms with Crippen molar-refractivity contribution >= 4 is 22.9 Å². The zero-order valence-electron chi connectivity index (χ0n) is 16.1. The van der Waals surface area contributed by atoms with Gasteiger partial charge in [0, 0.05) is 28.9 Å². The van der Waals surface area contributed by atoms with E-state index >= 15 is 0 Å². The van der Waals surface area contributed by atoms with E-state index in [0.29, 0.717) is 17.3 Å². The first-order chi connectivity index (χ1) is 15.1. The van der Waals surface area contributed by atoms with Gasteiger partial charge in [-0.1, -0.05) is 47.1 Å². The maximum atomic E-state index is 10.8. The number of hydrogen-bond donors (Lipinski definition) is 0. The Morgan fingerprint density at radius 2 is 1.77 bits per heavy atom. The van der Waals surface area contributed by atoms with Crippen molar-refractivity contribution in [1.29, 1.82) is 0 Å². The summed E-state index contributed by atoms with van der Waals surface area (Å²) in [5, 5.41) is 20.1. The number of non-ortho nitro benzene ring substituents is 1. The van der Waals surface area contributed by atoms with E-state index in [4.69, 9.17) is 16.6 Å². The number of nitro groups is 1. The molecular weight excluding hydrogens is 416 g/mol. The van der Waals surface area contributed by atoms with Gasteiger partial charge in [-0.2, -0.15) is 0 Å². The largest absolute Gasteiger partial charge is 0.298 e. The molecule has 0 N–H and O–H groups in total. The maximum Gasteiger partial charge on any atom is 0.269 e. The van der Waals surface area contributed by atoms with Crippen LogP contribution < -0.4 is 0 Å². The van der Waals surface area contributed by atoms with Crippen LogP contribution in [-0.4, -0.2) is 29.3 Å². The van der Waals surface area contributed by atoms with Gasteiger partial charge in [-0.05, 0) is 29.8 Å². The number of rotatable bonds is 5. The summed E-state index contributed by atoms with van der Waals surface area (Å²) in [5.74, 6) is 0. The lowest BCUT2D eigenvalue weighted by molar-refractivity contribution is -0.384. The Hall–Kier alpha value is -4.04. The number of aromatic nitrogens is 5. The number of fused-ring (bicyclic) bond motifs is 1. The third-order valence-electron chi connectivity index (χ3n) is 4.92. The van der Waals surface area contributed by atoms with Gasteiger partial charge in [0.25, 0.3) is 5.69 Å². The zero-order valence-corrected chi connectivity index (χ0v) is 16.8. The maximum absolute atomic E-state index is 10.8. The molecule has 0 aliphatic heterocycles. The van der Waals surface area contributed by atoms with Crippen molar-refractivity contribution in [2.24, 2.45) is 0 Å². The second-order valence-electron chi connectivity index (χ2n) is 6.97. The minimum Gasteiger partial charge on any atom is -0.298 e. The van der Waals surface area contributed by atoms with Crippen LogP contribution in [-0.2, 0) is 6.54 Å². The van der Waals surface area contributed by atoms with Crippen molar-refractivity contribution in [1.82, 2.24) is 24.4 Å². The molecule has 0 aliphatic rings. The van der Waals surface area contributed by atoms with Crippen molar-refractivity contribution in [2.45, 2.75) is 6.54 Å². The van der Waals surface area contributed by atoms with Gasteiger partial charge >= 0.3 is 0 Å². The van der Waals surface area contributed by atoms with Crippen LogP contribution in [0.1, 0.15) is 5.56 Å². The van der Waals surface area contributed by atoms with Crippen LogP contribution >= 0.6 is 11.6 Å². The SMILES string of the molecule is O=[N+]([O-])c1ccc(Cn2cc(-c3c(-c4ccc(Cl)cc4)nc4ccccn34)nn2)cc1. The Labute approximate surface area is 181 Å². The van der Waals surface area contributed by atoms with E-state index in [1.54, 1.807) is 16.8 Å². The molecule has 0 aliphatic carbocycles. The van der Waals surface area contributed by atoms with Gasteiger partial charge in [-0.15, -0.1) is 5.10 Å². The number of pyridine rings is 1. The van der Waals surface area contributed by atoms with Crippen molar-refractivity contribution < 1.29 is 4.92 Å². The topological polar surface area (TPSA) is 91.2 Å². The minimum absolute atomic E-state index is 0.0568. The first-order valence-electron chi connectivity index (χ1n) is 9.45. The molecule has 0 fully saturated rings. The van der Waals surface area contributed by atoms with E-state index < -0.39 is 4.92 Å². The summed E-state index contributed by atoms with van der Waals surface area (Å²) in [4.78, 5) is 15.2. The summed E-state index contributed by atoms with van der Waals surface area (Å²) in [6.45, 7) is 0.442. The van der Waals surface area contributed by atoms with Gasteiger partial charge in [0.1, 0.15) is 17.0 Å². The van der Waals surface area contributed by atoms with Crippen molar-refractivity contribution in [2.75, 3.05) is 0 Å². The highest BCUT2D eigenvalue weighted by molar-refractivity contribution is 6.30. The zero-order chi connectivity index (χ0) is 21.4. The molecule has 0 saturated heterocycles. The smallest absolute Gasteiger partial charge is 0.269 e. The van der Waals surface area contributed by atoms with Gasteiger partial charge in [-0.25, -0.2) is 9.67 Å². The monoisotopic (exact) mass is 430 g/mol. The first-order valence-corrected chi connectivity index (χ1v) is 9.83. The van der Waals surface area contributed by atoms with E-state index in [2.05, 4.69) is 10.3 Å². The number of imidazole rings is 1. The average molecular weight is 431 g/mol. The van der Waals surface area contributed by atoms with Crippen LogP contribution in [0.5, 0.6) is 0 Å². The summed E-state index contributed by atoms with van der Waals surface area (Å²) in [5.41, 5.74) is 4.95. The fraction of sp³-hybridized carbons (Fsp3) is 0.0455. The third kappa shape index (κ3) is 3.64. The van der Waals surface area contributed by atoms with E-state index in [9.17, 15) is 10.1 Å². The molecule has 31 heavy (non-hydrogen) atoms. The Morgan fingerprint density at radius 3 is 2.52 bits per heavy atom. The summed E-state index contributed by atoms with van der Waals surface area (Å²) in [6.07, 6.45) is 3.78. The summed E-state index contributed by atoms with van der Waals surface area (Å²) in [7, 11) is 0. The molecule has 0 spiro atoms. The van der Waals surface area contributed by atoms with Gasteiger partial charge < -0.3 is 0 Å². The van der Waals surface area contributed by atoms with Crippen LogP contribution in [0.2, 0.25) is 5.02 Å². The van der Waals surface area contributed by atoms with Gasteiger partial charge in [0.05, 0.1) is 23.4 Å². The molecular formula is C22H15ClN6O2. The summed E-state index contributed by atoms with van der Waals surface area (Å²) in [6, 6.07) is 19.7. The molecule has 0 amide bonds. The normalized spacial score (nSPS) is 11.1. The Morgan fingerprint density at radius 1 is 1.00 bits per heavy atom. The molecule has 9 heteroatoms. The van der Waals surface area contributed by atoms with Crippen LogP contribution in [0, 0.1) is 10.1 Å². The second kappa shape index (κ2) is 7.66. The molecule has 3 heterocycles. The summed E-state index contributed by atoms with van der Waals surface area (Å²) < 4.78 is 3.68. The van der Waals surface area contributed by atoms with Crippen LogP contribution in [0.3, 0.4) is 0 Å². The lowest BCUT2D eigenvalue weighted by Gasteiger charge is -2.03. The number of halogens is 1. The third-order valence-corrected chi connectivity index (χ3v) is 5.17. The number of nitrogens with zero attached hydrogens (tertiary/aromatic N) is 6. The number of hydrogen-bond acceptors (Lipinski definition) is 5. The fourth-order valence-electron chi connectivity index (χ4n) is 3.44. The molecule has 8 nitrogen and oxygen atoms in total. The predicted octanol–water partition coefficient (Wildman–Crippen LogP) is 4.87. The van der Waals surface area contributed by atoms with Crippen molar-refractivity contribution in [3.63, 3.8) is 0 Å². The highest BCUT2D eigenvalue weighted by Gasteiger charge is 2.18. The number of benzene rings is 2. The van der Waals surface area contributed by atoms with Crippen molar-refractivity contribution in [3.8, 4) is 22.6 Å². The van der Waals surface area contributed by atoms with Gasteiger partial charge in [0.15, 0.2) is 0 Å². The lowest BCUT2D eigenvalue weighted by atomic mass is 10.1. The molecule has 0 unspecified atom stereocenters. The second-order valence-corrected chi connectivity index (χ2v) is 7.41. The van der Waals surface area contributed by atoms with E-state index in [1.165, 1.54) is 12.1 Å². The Kier molecular flexibility index (Phi) is 4.68. The van der Waals surface area contributed by atoms with Crippen LogP contribution in [0.4, 0.5) is 5.69 Å². The quantitative estimate of drug-likeness (QED) is 0.293. The molecule has 5 aromatic rings. The highest BCUT2D eigenvalue weighted by atomic mass is 35.5. The molecule has 0 saturated carbocycles. The molecule has 3 aromatic heterocycles. The fourth-order valence-corrected chi connectivity index (χ4v) is 3.57. The molecule has 2 aromatic carbocycles. The van der Waals surface area contributed by atoms with E-state index in [1.807, 2.05) is 59.3 Å². The predicted molar refractivity (Wildman–Crippen MR) is 117 cm³/mol. The first kappa shape index (κ1) is 19.0. The molecule has 0 atom stereocenters. The summed E-state index contributed by atoms with van der Waals surface area (Å²) >= 11 is 6.05. The number of nitro benzene ring substituents is 1. The molecule has 5 rings (SSSR count).